The molecule has 60 valence electrons. The van der Waals surface area contributed by atoms with Gasteiger partial charge in [0.05, 0.1) is 0 Å². The Morgan fingerprint density at radius 3 is 1.60 bits per heavy atom. The zero-order valence-corrected chi connectivity index (χ0v) is 6.51. The van der Waals surface area contributed by atoms with E-state index in [9.17, 15) is 13.6 Å². The molecular formula is C3HCl3F2O2. The first kappa shape index (κ1) is 10.2. The predicted octanol–water partition coefficient (Wildman–Crippen LogP) is 2.08. The van der Waals surface area contributed by atoms with Gasteiger partial charge < -0.3 is 5.11 Å². The number of aliphatic carboxylic acids is 1. The Morgan fingerprint density at radius 2 is 1.60 bits per heavy atom. The van der Waals surface area contributed by atoms with Crippen LogP contribution in [0.1, 0.15) is 0 Å². The summed E-state index contributed by atoms with van der Waals surface area (Å²) in [5.41, 5.74) is 0. The second kappa shape index (κ2) is 2.68. The molecular weight excluding hydrogens is 212 g/mol. The summed E-state index contributed by atoms with van der Waals surface area (Å²) < 4.78 is 21.0. The van der Waals surface area contributed by atoms with Crippen LogP contribution in [0.5, 0.6) is 0 Å². The molecule has 0 aromatic heterocycles. The van der Waals surface area contributed by atoms with E-state index in [1.807, 2.05) is 0 Å². The molecule has 2 nitrogen and oxygen atoms in total. The highest BCUT2D eigenvalue weighted by molar-refractivity contribution is 6.69. The smallest absolute Gasteiger partial charge is 0.388 e. The summed E-state index contributed by atoms with van der Waals surface area (Å²) in [7, 11) is 0. The molecule has 7 heteroatoms. The Labute approximate surface area is 69.7 Å². The van der Waals surface area contributed by atoms with Gasteiger partial charge in [0.25, 0.3) is 3.79 Å². The van der Waals surface area contributed by atoms with Gasteiger partial charge in [-0.05, 0) is 0 Å². The fourth-order valence-corrected chi connectivity index (χ4v) is 0.364. The maximum atomic E-state index is 12.1. The number of rotatable bonds is 1. The zero-order valence-electron chi connectivity index (χ0n) is 4.25. The normalized spacial score (nSPS) is 13.3. The highest BCUT2D eigenvalue weighted by Crippen LogP contribution is 2.42. The Kier molecular flexibility index (Phi) is 2.73. The van der Waals surface area contributed by atoms with Crippen LogP contribution in [0.3, 0.4) is 0 Å². The molecule has 0 bridgehead atoms. The van der Waals surface area contributed by atoms with Gasteiger partial charge in [-0.2, -0.15) is 8.78 Å². The van der Waals surface area contributed by atoms with E-state index in [0.29, 0.717) is 0 Å². The third-order valence-corrected chi connectivity index (χ3v) is 1.34. The summed E-state index contributed by atoms with van der Waals surface area (Å²) in [6.45, 7) is 0. The number of hydrogen-bond acceptors (Lipinski definition) is 1. The molecule has 0 aliphatic rings. The molecule has 0 atom stereocenters. The van der Waals surface area contributed by atoms with Crippen molar-refractivity contribution in [3.63, 3.8) is 0 Å². The van der Waals surface area contributed by atoms with Crippen molar-refractivity contribution >= 4 is 40.8 Å². The number of alkyl halides is 5. The molecule has 10 heavy (non-hydrogen) atoms. The molecule has 0 rings (SSSR count). The van der Waals surface area contributed by atoms with Crippen LogP contribution >= 0.6 is 34.8 Å². The van der Waals surface area contributed by atoms with E-state index >= 15 is 0 Å². The number of hydrogen-bond donors (Lipinski definition) is 1. The molecule has 0 aliphatic carbocycles. The summed E-state index contributed by atoms with van der Waals surface area (Å²) >= 11 is 13.9. The van der Waals surface area contributed by atoms with E-state index in [4.69, 9.17) is 5.11 Å². The number of carbonyl (C=O) groups is 1. The van der Waals surface area contributed by atoms with Crippen LogP contribution in [-0.2, 0) is 4.79 Å². The largest absolute Gasteiger partial charge is 0.477 e. The average Bonchev–Trinajstić information content (AvgIpc) is 1.62. The van der Waals surface area contributed by atoms with Crippen LogP contribution in [0.25, 0.3) is 0 Å². The molecule has 1 N–H and O–H groups in total. The molecule has 0 unspecified atom stereocenters. The van der Waals surface area contributed by atoms with Gasteiger partial charge in [0.1, 0.15) is 0 Å². The molecule has 0 saturated carbocycles. The molecule has 0 radical (unpaired) electrons. The van der Waals surface area contributed by atoms with Gasteiger partial charge in [0.2, 0.25) is 0 Å². The molecule has 0 spiro atoms. The van der Waals surface area contributed by atoms with Crippen molar-refractivity contribution in [2.75, 3.05) is 0 Å². The van der Waals surface area contributed by atoms with Crippen molar-refractivity contribution in [1.29, 1.82) is 0 Å². The SMILES string of the molecule is O=C(O)C(F)(F)C(Cl)(Cl)Cl. The van der Waals surface area contributed by atoms with Crippen molar-refractivity contribution in [2.24, 2.45) is 0 Å². The molecule has 0 saturated heterocycles. The topological polar surface area (TPSA) is 37.3 Å². The standard InChI is InChI=1S/C3HCl3F2O2/c4-3(5,6)2(7,8)1(9)10/h(H,9,10). The van der Waals surface area contributed by atoms with E-state index in [1.165, 1.54) is 0 Å². The third-order valence-electron chi connectivity index (χ3n) is 0.625. The summed E-state index contributed by atoms with van der Waals surface area (Å²) in [4.78, 5) is 9.66. The summed E-state index contributed by atoms with van der Waals surface area (Å²) in [6, 6.07) is 0. The Hall–Kier alpha value is 0.200. The lowest BCUT2D eigenvalue weighted by atomic mass is 10.4. The van der Waals surface area contributed by atoms with Crippen LogP contribution in [0, 0.1) is 0 Å². The van der Waals surface area contributed by atoms with Crippen LogP contribution in [0.4, 0.5) is 8.78 Å². The number of carboxylic acid groups (broad SMARTS) is 1. The fraction of sp³-hybridized carbons (Fsp3) is 0.667. The van der Waals surface area contributed by atoms with Gasteiger partial charge in [-0.25, -0.2) is 4.79 Å². The minimum absolute atomic E-state index is 2.47. The molecule has 0 amide bonds. The molecule has 0 heterocycles. The summed E-state index contributed by atoms with van der Waals surface area (Å²) in [5, 5.41) is 7.77. The molecule has 0 aromatic carbocycles. The van der Waals surface area contributed by atoms with Crippen molar-refractivity contribution in [1.82, 2.24) is 0 Å². The highest BCUT2D eigenvalue weighted by atomic mass is 35.6. The lowest BCUT2D eigenvalue weighted by Crippen LogP contribution is -2.41. The van der Waals surface area contributed by atoms with Crippen LogP contribution in [0.2, 0.25) is 0 Å². The maximum Gasteiger partial charge on any atom is 0.388 e. The first-order chi connectivity index (χ1) is 4.19. The Morgan fingerprint density at radius 1 is 1.30 bits per heavy atom. The van der Waals surface area contributed by atoms with Crippen molar-refractivity contribution in [3.8, 4) is 0 Å². The Balaban J connectivity index is 4.57. The van der Waals surface area contributed by atoms with E-state index in [0.717, 1.165) is 0 Å². The van der Waals surface area contributed by atoms with Gasteiger partial charge in [-0.1, -0.05) is 34.8 Å². The first-order valence-electron chi connectivity index (χ1n) is 1.87. The van der Waals surface area contributed by atoms with E-state index in [2.05, 4.69) is 34.8 Å². The second-order valence-electron chi connectivity index (χ2n) is 1.38. The maximum absolute atomic E-state index is 12.1. The first-order valence-corrected chi connectivity index (χ1v) is 3.01. The fourth-order valence-electron chi connectivity index (χ4n) is 0.121. The van der Waals surface area contributed by atoms with Crippen molar-refractivity contribution in [3.05, 3.63) is 0 Å². The zero-order chi connectivity index (χ0) is 8.58. The van der Waals surface area contributed by atoms with Crippen molar-refractivity contribution in [2.45, 2.75) is 9.72 Å². The van der Waals surface area contributed by atoms with Crippen LogP contribution < -0.4 is 0 Å². The third kappa shape index (κ3) is 1.84. The molecule has 0 aromatic rings. The lowest BCUT2D eigenvalue weighted by Gasteiger charge is -2.18. The van der Waals surface area contributed by atoms with Crippen LogP contribution in [-0.4, -0.2) is 20.8 Å². The van der Waals surface area contributed by atoms with Crippen LogP contribution in [0.15, 0.2) is 0 Å². The minimum atomic E-state index is -4.35. The number of halogens is 5. The minimum Gasteiger partial charge on any atom is -0.477 e. The van der Waals surface area contributed by atoms with E-state index in [1.54, 1.807) is 0 Å². The quantitative estimate of drug-likeness (QED) is 0.677. The number of carboxylic acids is 1. The average molecular weight is 213 g/mol. The van der Waals surface area contributed by atoms with Gasteiger partial charge in [-0.3, -0.25) is 0 Å². The monoisotopic (exact) mass is 212 g/mol. The van der Waals surface area contributed by atoms with Crippen molar-refractivity contribution < 1.29 is 18.7 Å². The van der Waals surface area contributed by atoms with E-state index < -0.39 is 15.7 Å². The second-order valence-corrected chi connectivity index (χ2v) is 3.66. The van der Waals surface area contributed by atoms with Gasteiger partial charge in [0, 0.05) is 0 Å². The predicted molar refractivity (Wildman–Crippen MR) is 32.9 cm³/mol. The molecule has 0 fully saturated rings. The highest BCUT2D eigenvalue weighted by Gasteiger charge is 2.57. The van der Waals surface area contributed by atoms with Gasteiger partial charge >= 0.3 is 11.9 Å². The van der Waals surface area contributed by atoms with E-state index in [-0.39, 0.29) is 0 Å². The lowest BCUT2D eigenvalue weighted by molar-refractivity contribution is -0.164. The Bertz CT molecular complexity index is 152. The summed E-state index contributed by atoms with van der Waals surface area (Å²) in [6.07, 6.45) is 0. The van der Waals surface area contributed by atoms with Gasteiger partial charge in [-0.15, -0.1) is 0 Å². The van der Waals surface area contributed by atoms with Gasteiger partial charge in [0.15, 0.2) is 0 Å². The molecule has 0 aliphatic heterocycles. The summed E-state index contributed by atoms with van der Waals surface area (Å²) in [5.74, 6) is -6.81.